The molecule has 1 N–H and O–H groups in total. The van der Waals surface area contributed by atoms with Crippen LogP contribution in [0.1, 0.15) is 37.5 Å². The lowest BCUT2D eigenvalue weighted by molar-refractivity contribution is -0.142. The van der Waals surface area contributed by atoms with Gasteiger partial charge >= 0.3 is 0 Å². The van der Waals surface area contributed by atoms with Crippen LogP contribution in [-0.4, -0.2) is 35.4 Å². The molecule has 0 saturated carbocycles. The van der Waals surface area contributed by atoms with Gasteiger partial charge < -0.3 is 15.0 Å². The van der Waals surface area contributed by atoms with E-state index in [-0.39, 0.29) is 24.5 Å². The van der Waals surface area contributed by atoms with Gasteiger partial charge in [0.2, 0.25) is 5.91 Å². The highest BCUT2D eigenvalue weighted by Gasteiger charge is 2.26. The number of nitrogens with one attached hydrogen (secondary N) is 1. The van der Waals surface area contributed by atoms with Crippen molar-refractivity contribution in [1.29, 1.82) is 0 Å². The average molecular weight is 383 g/mol. The summed E-state index contributed by atoms with van der Waals surface area (Å²) in [6.45, 7) is 9.81. The van der Waals surface area contributed by atoms with Gasteiger partial charge in [-0.3, -0.25) is 9.59 Å². The molecule has 1 atom stereocenters. The summed E-state index contributed by atoms with van der Waals surface area (Å²) in [4.78, 5) is 27.0. The van der Waals surface area contributed by atoms with Crippen molar-refractivity contribution >= 4 is 11.8 Å². The largest absolute Gasteiger partial charge is 0.484 e. The summed E-state index contributed by atoms with van der Waals surface area (Å²) in [6, 6.07) is 14.8. The van der Waals surface area contributed by atoms with Gasteiger partial charge in [-0.05, 0) is 63.4 Å². The Morgan fingerprint density at radius 1 is 1.00 bits per heavy atom. The number of hydrogen-bond donors (Lipinski definition) is 1. The fourth-order valence-corrected chi connectivity index (χ4v) is 2.80. The molecule has 2 aromatic carbocycles. The number of benzene rings is 2. The van der Waals surface area contributed by atoms with Gasteiger partial charge in [0.1, 0.15) is 11.8 Å². The Morgan fingerprint density at radius 2 is 1.68 bits per heavy atom. The van der Waals surface area contributed by atoms with E-state index in [1.54, 1.807) is 11.8 Å². The molecule has 0 bridgehead atoms. The normalized spacial score (nSPS) is 11.8. The Kier molecular flexibility index (Phi) is 7.61. The molecule has 2 rings (SSSR count). The second-order valence-electron chi connectivity index (χ2n) is 7.38. The summed E-state index contributed by atoms with van der Waals surface area (Å²) < 4.78 is 5.71. The van der Waals surface area contributed by atoms with E-state index in [4.69, 9.17) is 4.74 Å². The molecule has 0 aliphatic rings. The standard InChI is InChI=1S/C23H30N2O3/c1-16(2)24-23(27)19(5)25(14-20-9-7-6-8-10-20)22(26)15-28-21-12-11-17(3)18(4)13-21/h6-13,16,19H,14-15H2,1-5H3,(H,24,27)/t19-/m1/s1. The van der Waals surface area contributed by atoms with Crippen molar-refractivity contribution < 1.29 is 14.3 Å². The summed E-state index contributed by atoms with van der Waals surface area (Å²) in [7, 11) is 0. The molecule has 0 aliphatic heterocycles. The number of aryl methyl sites for hydroxylation is 2. The summed E-state index contributed by atoms with van der Waals surface area (Å²) in [5.41, 5.74) is 3.24. The van der Waals surface area contributed by atoms with Crippen LogP contribution >= 0.6 is 0 Å². The third kappa shape index (κ3) is 6.12. The van der Waals surface area contributed by atoms with Crippen LogP contribution < -0.4 is 10.1 Å². The third-order valence-corrected chi connectivity index (χ3v) is 4.63. The smallest absolute Gasteiger partial charge is 0.261 e. The molecule has 2 amide bonds. The van der Waals surface area contributed by atoms with E-state index in [1.807, 2.05) is 76.2 Å². The second-order valence-corrected chi connectivity index (χ2v) is 7.38. The molecule has 0 radical (unpaired) electrons. The van der Waals surface area contributed by atoms with Gasteiger partial charge in [-0.2, -0.15) is 0 Å². The molecule has 5 heteroatoms. The maximum absolute atomic E-state index is 12.9. The Morgan fingerprint density at radius 3 is 2.29 bits per heavy atom. The van der Waals surface area contributed by atoms with Crippen LogP contribution in [-0.2, 0) is 16.1 Å². The molecule has 0 saturated heterocycles. The molecule has 0 aliphatic carbocycles. The third-order valence-electron chi connectivity index (χ3n) is 4.63. The monoisotopic (exact) mass is 382 g/mol. The lowest BCUT2D eigenvalue weighted by Crippen LogP contribution is -2.50. The number of ether oxygens (including phenoxy) is 1. The molecule has 0 aromatic heterocycles. The molecule has 0 unspecified atom stereocenters. The first-order valence-electron chi connectivity index (χ1n) is 9.61. The lowest BCUT2D eigenvalue weighted by Gasteiger charge is -2.29. The van der Waals surface area contributed by atoms with Gasteiger partial charge in [0.25, 0.3) is 5.91 Å². The minimum atomic E-state index is -0.599. The van der Waals surface area contributed by atoms with E-state index in [1.165, 1.54) is 5.56 Å². The van der Waals surface area contributed by atoms with Crippen LogP contribution in [0, 0.1) is 13.8 Å². The second kappa shape index (κ2) is 9.93. The van der Waals surface area contributed by atoms with E-state index in [2.05, 4.69) is 5.32 Å². The van der Waals surface area contributed by atoms with Gasteiger partial charge in [0, 0.05) is 12.6 Å². The number of amides is 2. The summed E-state index contributed by atoms with van der Waals surface area (Å²) in [5.74, 6) is 0.245. The summed E-state index contributed by atoms with van der Waals surface area (Å²) >= 11 is 0. The molecular weight excluding hydrogens is 352 g/mol. The van der Waals surface area contributed by atoms with Crippen molar-refractivity contribution in [2.45, 2.75) is 53.2 Å². The average Bonchev–Trinajstić information content (AvgIpc) is 2.66. The van der Waals surface area contributed by atoms with Crippen LogP contribution in [0.2, 0.25) is 0 Å². The minimum Gasteiger partial charge on any atom is -0.484 e. The summed E-state index contributed by atoms with van der Waals surface area (Å²) in [6.07, 6.45) is 0. The van der Waals surface area contributed by atoms with Crippen LogP contribution in [0.5, 0.6) is 5.75 Å². The predicted octanol–water partition coefficient (Wildman–Crippen LogP) is 3.62. The Bertz CT molecular complexity index is 803. The predicted molar refractivity (Wildman–Crippen MR) is 111 cm³/mol. The first kappa shape index (κ1) is 21.5. The zero-order chi connectivity index (χ0) is 20.7. The van der Waals surface area contributed by atoms with Crippen LogP contribution in [0.15, 0.2) is 48.5 Å². The quantitative estimate of drug-likeness (QED) is 0.759. The van der Waals surface area contributed by atoms with E-state index in [0.29, 0.717) is 12.3 Å². The SMILES string of the molecule is Cc1ccc(OCC(=O)N(Cc2ccccc2)[C@H](C)C(=O)NC(C)C)cc1C. The molecule has 0 heterocycles. The molecule has 5 nitrogen and oxygen atoms in total. The number of carbonyl (C=O) groups is 2. The number of hydrogen-bond acceptors (Lipinski definition) is 3. The fraction of sp³-hybridized carbons (Fsp3) is 0.391. The highest BCUT2D eigenvalue weighted by molar-refractivity contribution is 5.88. The topological polar surface area (TPSA) is 58.6 Å². The molecule has 0 fully saturated rings. The van der Waals surface area contributed by atoms with E-state index >= 15 is 0 Å². The van der Waals surface area contributed by atoms with Crippen molar-refractivity contribution in [2.75, 3.05) is 6.61 Å². The van der Waals surface area contributed by atoms with Gasteiger partial charge in [0.15, 0.2) is 6.61 Å². The number of rotatable bonds is 8. The molecule has 28 heavy (non-hydrogen) atoms. The van der Waals surface area contributed by atoms with Crippen molar-refractivity contribution in [2.24, 2.45) is 0 Å². The Balaban J connectivity index is 2.13. The summed E-state index contributed by atoms with van der Waals surface area (Å²) in [5, 5.41) is 2.88. The van der Waals surface area contributed by atoms with Crippen LogP contribution in [0.3, 0.4) is 0 Å². The number of nitrogens with zero attached hydrogens (tertiary/aromatic N) is 1. The fourth-order valence-electron chi connectivity index (χ4n) is 2.80. The van der Waals surface area contributed by atoms with Crippen LogP contribution in [0.25, 0.3) is 0 Å². The van der Waals surface area contributed by atoms with Crippen molar-refractivity contribution in [1.82, 2.24) is 10.2 Å². The first-order valence-corrected chi connectivity index (χ1v) is 9.61. The Hall–Kier alpha value is -2.82. The Labute approximate surface area is 167 Å². The van der Waals surface area contributed by atoms with Crippen LogP contribution in [0.4, 0.5) is 0 Å². The molecule has 2 aromatic rings. The molecule has 150 valence electrons. The lowest BCUT2D eigenvalue weighted by atomic mass is 10.1. The van der Waals surface area contributed by atoms with E-state index in [0.717, 1.165) is 11.1 Å². The van der Waals surface area contributed by atoms with Gasteiger partial charge in [-0.1, -0.05) is 36.4 Å². The van der Waals surface area contributed by atoms with Gasteiger partial charge in [0.05, 0.1) is 0 Å². The van der Waals surface area contributed by atoms with Crippen molar-refractivity contribution in [3.8, 4) is 5.75 Å². The maximum atomic E-state index is 12.9. The highest BCUT2D eigenvalue weighted by atomic mass is 16.5. The molecule has 0 spiro atoms. The van der Waals surface area contributed by atoms with Gasteiger partial charge in [-0.15, -0.1) is 0 Å². The van der Waals surface area contributed by atoms with E-state index in [9.17, 15) is 9.59 Å². The number of carbonyl (C=O) groups excluding carboxylic acids is 2. The molecular formula is C23H30N2O3. The van der Waals surface area contributed by atoms with E-state index < -0.39 is 6.04 Å². The highest BCUT2D eigenvalue weighted by Crippen LogP contribution is 2.17. The minimum absolute atomic E-state index is 0.00964. The van der Waals surface area contributed by atoms with Crippen molar-refractivity contribution in [3.63, 3.8) is 0 Å². The zero-order valence-corrected chi connectivity index (χ0v) is 17.4. The van der Waals surface area contributed by atoms with Gasteiger partial charge in [-0.25, -0.2) is 0 Å². The first-order chi connectivity index (χ1) is 13.3. The van der Waals surface area contributed by atoms with Crippen molar-refractivity contribution in [3.05, 3.63) is 65.2 Å². The maximum Gasteiger partial charge on any atom is 0.261 e. The zero-order valence-electron chi connectivity index (χ0n) is 17.4.